The van der Waals surface area contributed by atoms with E-state index in [-0.39, 0.29) is 0 Å². The molecule has 1 aromatic carbocycles. The van der Waals surface area contributed by atoms with Gasteiger partial charge in [0.15, 0.2) is 0 Å². The van der Waals surface area contributed by atoms with Crippen LogP contribution >= 0.6 is 15.9 Å². The van der Waals surface area contributed by atoms with E-state index in [0.717, 1.165) is 24.1 Å². The van der Waals surface area contributed by atoms with Gasteiger partial charge >= 0.3 is 0 Å². The van der Waals surface area contributed by atoms with E-state index in [9.17, 15) is 0 Å². The Balaban J connectivity index is 2.54. The lowest BCUT2D eigenvalue weighted by atomic mass is 10.1. The lowest BCUT2D eigenvalue weighted by Crippen LogP contribution is -2.39. The molecular weight excluding hydrogens is 276 g/mol. The van der Waals surface area contributed by atoms with Gasteiger partial charge in [0.05, 0.1) is 0 Å². The van der Waals surface area contributed by atoms with Gasteiger partial charge < -0.3 is 5.32 Å². The summed E-state index contributed by atoms with van der Waals surface area (Å²) in [4.78, 5) is 2.42. The molecule has 0 amide bonds. The lowest BCUT2D eigenvalue weighted by Gasteiger charge is -2.27. The van der Waals surface area contributed by atoms with E-state index in [1.54, 1.807) is 0 Å². The third-order valence-corrected chi connectivity index (χ3v) is 3.54. The molecule has 1 unspecified atom stereocenters. The third-order valence-electron chi connectivity index (χ3n) is 3.05. The maximum absolute atomic E-state index is 3.52. The molecule has 0 aliphatic heterocycles. The number of hydrogen-bond donors (Lipinski definition) is 1. The standard InChI is InChI=1S/C14H23BrN2/c1-4-14(10-16-5-2)17(3)11-12-7-6-8-13(15)9-12/h6-9,14,16H,4-5,10-11H2,1-3H3. The fourth-order valence-electron chi connectivity index (χ4n) is 1.98. The van der Waals surface area contributed by atoms with Gasteiger partial charge in [-0.25, -0.2) is 0 Å². The monoisotopic (exact) mass is 298 g/mol. The van der Waals surface area contributed by atoms with E-state index in [0.29, 0.717) is 6.04 Å². The van der Waals surface area contributed by atoms with Gasteiger partial charge in [0.25, 0.3) is 0 Å². The van der Waals surface area contributed by atoms with E-state index in [2.05, 4.69) is 71.3 Å². The third kappa shape index (κ3) is 5.19. The number of nitrogens with one attached hydrogen (secondary N) is 1. The van der Waals surface area contributed by atoms with Crippen LogP contribution in [0.15, 0.2) is 28.7 Å². The van der Waals surface area contributed by atoms with E-state index >= 15 is 0 Å². The normalized spacial score (nSPS) is 13.0. The van der Waals surface area contributed by atoms with Gasteiger partial charge in [-0.2, -0.15) is 0 Å². The first-order valence-corrected chi connectivity index (χ1v) is 7.12. The molecule has 0 heterocycles. The molecule has 0 aliphatic carbocycles. The molecular formula is C14H23BrN2. The van der Waals surface area contributed by atoms with Gasteiger partial charge in [-0.15, -0.1) is 0 Å². The van der Waals surface area contributed by atoms with Crippen LogP contribution in [0.1, 0.15) is 25.8 Å². The Morgan fingerprint density at radius 3 is 2.71 bits per heavy atom. The van der Waals surface area contributed by atoms with Crippen LogP contribution in [0.5, 0.6) is 0 Å². The summed E-state index contributed by atoms with van der Waals surface area (Å²) in [5.41, 5.74) is 1.36. The van der Waals surface area contributed by atoms with Crippen LogP contribution in [0.4, 0.5) is 0 Å². The molecule has 96 valence electrons. The molecule has 0 saturated carbocycles. The van der Waals surface area contributed by atoms with E-state index in [1.807, 2.05) is 0 Å². The number of benzene rings is 1. The summed E-state index contributed by atoms with van der Waals surface area (Å²) in [6.45, 7) is 7.52. The summed E-state index contributed by atoms with van der Waals surface area (Å²) in [7, 11) is 2.20. The Morgan fingerprint density at radius 2 is 2.12 bits per heavy atom. The van der Waals surface area contributed by atoms with E-state index < -0.39 is 0 Å². The molecule has 1 aromatic rings. The molecule has 1 rings (SSSR count). The van der Waals surface area contributed by atoms with Crippen molar-refractivity contribution in [2.24, 2.45) is 0 Å². The zero-order valence-electron chi connectivity index (χ0n) is 11.0. The first kappa shape index (κ1) is 14.7. The van der Waals surface area contributed by atoms with Crippen molar-refractivity contribution in [3.63, 3.8) is 0 Å². The predicted octanol–water partition coefficient (Wildman–Crippen LogP) is 3.27. The van der Waals surface area contributed by atoms with Crippen molar-refractivity contribution >= 4 is 15.9 Å². The van der Waals surface area contributed by atoms with Crippen LogP contribution in [0.25, 0.3) is 0 Å². The van der Waals surface area contributed by atoms with Gasteiger partial charge in [-0.05, 0) is 37.7 Å². The minimum Gasteiger partial charge on any atom is -0.315 e. The summed E-state index contributed by atoms with van der Waals surface area (Å²) < 4.78 is 1.16. The molecule has 2 nitrogen and oxygen atoms in total. The molecule has 0 spiro atoms. The van der Waals surface area contributed by atoms with Gasteiger partial charge in [0.1, 0.15) is 0 Å². The SMILES string of the molecule is CCNCC(CC)N(C)Cc1cccc(Br)c1. The van der Waals surface area contributed by atoms with Crippen LogP contribution in [-0.2, 0) is 6.54 Å². The van der Waals surface area contributed by atoms with Crippen molar-refractivity contribution in [2.45, 2.75) is 32.9 Å². The molecule has 0 aromatic heterocycles. The topological polar surface area (TPSA) is 15.3 Å². The number of hydrogen-bond acceptors (Lipinski definition) is 2. The maximum atomic E-state index is 3.52. The van der Waals surface area contributed by atoms with Crippen molar-refractivity contribution in [1.29, 1.82) is 0 Å². The van der Waals surface area contributed by atoms with Crippen LogP contribution in [0.3, 0.4) is 0 Å². The number of nitrogens with zero attached hydrogens (tertiary/aromatic N) is 1. The minimum absolute atomic E-state index is 0.605. The molecule has 0 saturated heterocycles. The highest BCUT2D eigenvalue weighted by Crippen LogP contribution is 2.14. The molecule has 1 atom stereocenters. The fourth-order valence-corrected chi connectivity index (χ4v) is 2.42. The molecule has 0 aliphatic rings. The highest BCUT2D eigenvalue weighted by molar-refractivity contribution is 9.10. The second-order valence-electron chi connectivity index (χ2n) is 4.41. The van der Waals surface area contributed by atoms with Gasteiger partial charge in [0.2, 0.25) is 0 Å². The quantitative estimate of drug-likeness (QED) is 0.831. The number of rotatable bonds is 7. The number of halogens is 1. The number of likely N-dealkylation sites (N-methyl/N-ethyl adjacent to an activating group) is 2. The Hall–Kier alpha value is -0.380. The molecule has 0 bridgehead atoms. The molecule has 17 heavy (non-hydrogen) atoms. The first-order chi connectivity index (χ1) is 8.17. The summed E-state index contributed by atoms with van der Waals surface area (Å²) in [6.07, 6.45) is 1.18. The summed E-state index contributed by atoms with van der Waals surface area (Å²) in [6, 6.07) is 9.14. The molecule has 3 heteroatoms. The largest absolute Gasteiger partial charge is 0.315 e. The van der Waals surface area contributed by atoms with Crippen LogP contribution in [0, 0.1) is 0 Å². The Bertz CT molecular complexity index is 328. The zero-order chi connectivity index (χ0) is 12.7. The smallest absolute Gasteiger partial charge is 0.0234 e. The Kier molecular flexibility index (Phi) is 6.78. The zero-order valence-corrected chi connectivity index (χ0v) is 12.6. The van der Waals surface area contributed by atoms with Crippen LogP contribution in [-0.4, -0.2) is 31.1 Å². The van der Waals surface area contributed by atoms with Crippen molar-refractivity contribution in [3.05, 3.63) is 34.3 Å². The second kappa shape index (κ2) is 7.85. The summed E-state index contributed by atoms with van der Waals surface area (Å²) in [5.74, 6) is 0. The van der Waals surface area contributed by atoms with Gasteiger partial charge in [-0.3, -0.25) is 4.90 Å². The van der Waals surface area contributed by atoms with E-state index in [1.165, 1.54) is 12.0 Å². The highest BCUT2D eigenvalue weighted by Gasteiger charge is 2.12. The van der Waals surface area contributed by atoms with Crippen LogP contribution in [0.2, 0.25) is 0 Å². The van der Waals surface area contributed by atoms with Crippen molar-refractivity contribution in [3.8, 4) is 0 Å². The Morgan fingerprint density at radius 1 is 1.35 bits per heavy atom. The predicted molar refractivity (Wildman–Crippen MR) is 78.2 cm³/mol. The van der Waals surface area contributed by atoms with Gasteiger partial charge in [-0.1, -0.05) is 41.9 Å². The van der Waals surface area contributed by atoms with Crippen molar-refractivity contribution < 1.29 is 0 Å². The molecule has 0 fully saturated rings. The van der Waals surface area contributed by atoms with Crippen molar-refractivity contribution in [2.75, 3.05) is 20.1 Å². The first-order valence-electron chi connectivity index (χ1n) is 6.32. The lowest BCUT2D eigenvalue weighted by molar-refractivity contribution is 0.222. The van der Waals surface area contributed by atoms with Crippen LogP contribution < -0.4 is 5.32 Å². The van der Waals surface area contributed by atoms with Gasteiger partial charge in [0, 0.05) is 23.6 Å². The molecule has 0 radical (unpaired) electrons. The summed E-state index contributed by atoms with van der Waals surface area (Å²) >= 11 is 3.52. The molecule has 1 N–H and O–H groups in total. The Labute approximate surface area is 114 Å². The summed E-state index contributed by atoms with van der Waals surface area (Å²) in [5, 5.41) is 3.43. The second-order valence-corrected chi connectivity index (χ2v) is 5.33. The van der Waals surface area contributed by atoms with E-state index in [4.69, 9.17) is 0 Å². The average molecular weight is 299 g/mol. The average Bonchev–Trinajstić information content (AvgIpc) is 2.30. The van der Waals surface area contributed by atoms with Crippen molar-refractivity contribution in [1.82, 2.24) is 10.2 Å². The fraction of sp³-hybridized carbons (Fsp3) is 0.571. The maximum Gasteiger partial charge on any atom is 0.0234 e. The highest BCUT2D eigenvalue weighted by atomic mass is 79.9. The minimum atomic E-state index is 0.605.